The number of benzene rings is 2. The van der Waals surface area contributed by atoms with E-state index in [1.54, 1.807) is 6.07 Å². The molecule has 7 heteroatoms. The van der Waals surface area contributed by atoms with Crippen LogP contribution in [-0.4, -0.2) is 32.7 Å². The molecular formula is C23H30N2O4S. The van der Waals surface area contributed by atoms with Crippen LogP contribution in [0.1, 0.15) is 50.3 Å². The second-order valence-electron chi connectivity index (χ2n) is 8.50. The Kier molecular flexibility index (Phi) is 6.41. The van der Waals surface area contributed by atoms with Gasteiger partial charge in [-0.05, 0) is 51.0 Å². The zero-order valence-electron chi connectivity index (χ0n) is 18.0. The molecule has 1 heterocycles. The van der Waals surface area contributed by atoms with Gasteiger partial charge in [-0.3, -0.25) is 9.10 Å². The molecule has 1 aliphatic rings. The van der Waals surface area contributed by atoms with Crippen LogP contribution in [0.4, 0.5) is 5.69 Å². The van der Waals surface area contributed by atoms with Crippen molar-refractivity contribution in [3.8, 4) is 5.75 Å². The molecule has 0 spiro atoms. The van der Waals surface area contributed by atoms with Crippen LogP contribution in [0.25, 0.3) is 0 Å². The van der Waals surface area contributed by atoms with E-state index in [-0.39, 0.29) is 30.5 Å². The molecule has 0 bridgehead atoms. The standard InChI is InChI=1S/C23H30N2O4S/c1-17-9-7-10-18(15-17)25(30(4,27)28)14-8-13-22(26)24-20-16-23(2,3)29-21-12-6-5-11-19(20)21/h5-7,9-12,15,20H,8,13-14,16H2,1-4H3,(H,24,26)/t20-/m0/s1. The molecule has 0 fully saturated rings. The summed E-state index contributed by atoms with van der Waals surface area (Å²) in [5.41, 5.74) is 2.21. The Morgan fingerprint density at radius 1 is 1.20 bits per heavy atom. The summed E-state index contributed by atoms with van der Waals surface area (Å²) in [6.45, 7) is 6.19. The average molecular weight is 431 g/mol. The number of hydrogen-bond acceptors (Lipinski definition) is 4. The van der Waals surface area contributed by atoms with E-state index in [9.17, 15) is 13.2 Å². The predicted molar refractivity (Wildman–Crippen MR) is 119 cm³/mol. The molecule has 0 aliphatic carbocycles. The van der Waals surface area contributed by atoms with Gasteiger partial charge in [-0.15, -0.1) is 0 Å². The maximum absolute atomic E-state index is 12.6. The van der Waals surface area contributed by atoms with Crippen molar-refractivity contribution in [2.75, 3.05) is 17.1 Å². The molecule has 0 radical (unpaired) electrons. The number of amides is 1. The molecule has 1 N–H and O–H groups in total. The molecule has 2 aromatic carbocycles. The highest BCUT2D eigenvalue weighted by atomic mass is 32.2. The van der Waals surface area contributed by atoms with Crippen LogP contribution in [0.5, 0.6) is 5.75 Å². The van der Waals surface area contributed by atoms with Gasteiger partial charge in [0.1, 0.15) is 11.4 Å². The van der Waals surface area contributed by atoms with Gasteiger partial charge < -0.3 is 10.1 Å². The third-order valence-corrected chi connectivity index (χ3v) is 6.36. The van der Waals surface area contributed by atoms with Gasteiger partial charge in [0, 0.05) is 24.9 Å². The molecule has 2 aromatic rings. The van der Waals surface area contributed by atoms with Crippen molar-refractivity contribution in [3.05, 3.63) is 59.7 Å². The fourth-order valence-electron chi connectivity index (χ4n) is 3.85. The number of fused-ring (bicyclic) bond motifs is 1. The van der Waals surface area contributed by atoms with E-state index in [2.05, 4.69) is 5.32 Å². The maximum Gasteiger partial charge on any atom is 0.232 e. The van der Waals surface area contributed by atoms with Gasteiger partial charge in [0.15, 0.2) is 0 Å². The molecular weight excluding hydrogens is 400 g/mol. The van der Waals surface area contributed by atoms with Crippen LogP contribution >= 0.6 is 0 Å². The highest BCUT2D eigenvalue weighted by molar-refractivity contribution is 7.92. The second-order valence-corrected chi connectivity index (χ2v) is 10.4. The SMILES string of the molecule is Cc1cccc(N(CCCC(=O)N[C@H]2CC(C)(C)Oc3ccccc32)S(C)(=O)=O)c1. The van der Waals surface area contributed by atoms with E-state index in [4.69, 9.17) is 4.74 Å². The van der Waals surface area contributed by atoms with E-state index in [1.165, 1.54) is 10.6 Å². The van der Waals surface area contributed by atoms with Gasteiger partial charge in [-0.25, -0.2) is 8.42 Å². The number of nitrogens with one attached hydrogen (secondary N) is 1. The minimum Gasteiger partial charge on any atom is -0.487 e. The number of carbonyl (C=O) groups is 1. The molecule has 1 atom stereocenters. The Labute approximate surface area is 179 Å². The van der Waals surface area contributed by atoms with Crippen LogP contribution in [0.3, 0.4) is 0 Å². The smallest absolute Gasteiger partial charge is 0.232 e. The highest BCUT2D eigenvalue weighted by Gasteiger charge is 2.34. The quantitative estimate of drug-likeness (QED) is 0.721. The number of para-hydroxylation sites is 1. The Morgan fingerprint density at radius 3 is 2.63 bits per heavy atom. The first-order valence-corrected chi connectivity index (χ1v) is 12.0. The number of anilines is 1. The van der Waals surface area contributed by atoms with E-state index in [1.807, 2.05) is 63.2 Å². The predicted octanol–water partition coefficient (Wildman–Crippen LogP) is 3.96. The molecule has 6 nitrogen and oxygen atoms in total. The number of rotatable bonds is 7. The summed E-state index contributed by atoms with van der Waals surface area (Å²) in [6.07, 6.45) is 2.55. The zero-order chi connectivity index (χ0) is 21.9. The van der Waals surface area contributed by atoms with Crippen molar-refractivity contribution in [2.45, 2.75) is 51.7 Å². The molecule has 30 heavy (non-hydrogen) atoms. The topological polar surface area (TPSA) is 75.7 Å². The summed E-state index contributed by atoms with van der Waals surface area (Å²) in [5, 5.41) is 3.11. The maximum atomic E-state index is 12.6. The molecule has 1 aliphatic heterocycles. The van der Waals surface area contributed by atoms with Crippen LogP contribution < -0.4 is 14.4 Å². The first kappa shape index (κ1) is 22.2. The third kappa shape index (κ3) is 5.53. The van der Waals surface area contributed by atoms with Crippen molar-refractivity contribution >= 4 is 21.6 Å². The van der Waals surface area contributed by atoms with Gasteiger partial charge in [-0.2, -0.15) is 0 Å². The number of ether oxygens (including phenoxy) is 1. The Bertz CT molecular complexity index is 1020. The van der Waals surface area contributed by atoms with Crippen LogP contribution in [0.15, 0.2) is 48.5 Å². The summed E-state index contributed by atoms with van der Waals surface area (Å²) in [4.78, 5) is 12.6. The Balaban J connectivity index is 1.63. The van der Waals surface area contributed by atoms with Crippen molar-refractivity contribution in [1.82, 2.24) is 5.32 Å². The monoisotopic (exact) mass is 430 g/mol. The van der Waals surface area contributed by atoms with Gasteiger partial charge in [0.05, 0.1) is 18.0 Å². The van der Waals surface area contributed by atoms with Gasteiger partial charge in [0.25, 0.3) is 0 Å². The van der Waals surface area contributed by atoms with Crippen molar-refractivity contribution in [1.29, 1.82) is 0 Å². The fourth-order valence-corrected chi connectivity index (χ4v) is 4.81. The van der Waals surface area contributed by atoms with Crippen LogP contribution in [0.2, 0.25) is 0 Å². The number of hydrogen-bond donors (Lipinski definition) is 1. The van der Waals surface area contributed by atoms with Gasteiger partial charge in [-0.1, -0.05) is 30.3 Å². The van der Waals surface area contributed by atoms with Crippen molar-refractivity contribution in [2.24, 2.45) is 0 Å². The molecule has 1 amide bonds. The van der Waals surface area contributed by atoms with Crippen LogP contribution in [0, 0.1) is 6.92 Å². The fraction of sp³-hybridized carbons (Fsp3) is 0.435. The minimum absolute atomic E-state index is 0.0924. The second kappa shape index (κ2) is 8.68. The molecule has 0 aromatic heterocycles. The molecule has 3 rings (SSSR count). The molecule has 0 saturated heterocycles. The lowest BCUT2D eigenvalue weighted by Gasteiger charge is -2.37. The summed E-state index contributed by atoms with van der Waals surface area (Å²) in [5.74, 6) is 0.701. The zero-order valence-corrected chi connectivity index (χ0v) is 18.8. The van der Waals surface area contributed by atoms with Crippen molar-refractivity contribution in [3.63, 3.8) is 0 Å². The number of nitrogens with zero attached hydrogens (tertiary/aromatic N) is 1. The highest BCUT2D eigenvalue weighted by Crippen LogP contribution is 2.39. The largest absolute Gasteiger partial charge is 0.487 e. The summed E-state index contributed by atoms with van der Waals surface area (Å²) in [7, 11) is -3.43. The van der Waals surface area contributed by atoms with Crippen LogP contribution in [-0.2, 0) is 14.8 Å². The summed E-state index contributed by atoms with van der Waals surface area (Å²) < 4.78 is 31.9. The summed E-state index contributed by atoms with van der Waals surface area (Å²) in [6, 6.07) is 15.0. The van der Waals surface area contributed by atoms with Gasteiger partial charge >= 0.3 is 0 Å². The molecule has 162 valence electrons. The van der Waals surface area contributed by atoms with Gasteiger partial charge in [0.2, 0.25) is 15.9 Å². The van der Waals surface area contributed by atoms with Crippen molar-refractivity contribution < 1.29 is 17.9 Å². The normalized spacial score (nSPS) is 17.5. The molecule has 0 saturated carbocycles. The molecule has 0 unspecified atom stereocenters. The van der Waals surface area contributed by atoms with E-state index < -0.39 is 10.0 Å². The Hall–Kier alpha value is -2.54. The van der Waals surface area contributed by atoms with E-state index >= 15 is 0 Å². The van der Waals surface area contributed by atoms with E-state index in [0.717, 1.165) is 16.9 Å². The lowest BCUT2D eigenvalue weighted by atomic mass is 9.89. The number of carbonyl (C=O) groups excluding carboxylic acids is 1. The lowest BCUT2D eigenvalue weighted by molar-refractivity contribution is -0.122. The lowest BCUT2D eigenvalue weighted by Crippen LogP contribution is -2.41. The van der Waals surface area contributed by atoms with E-state index in [0.29, 0.717) is 18.5 Å². The first-order chi connectivity index (χ1) is 14.0. The number of sulfonamides is 1. The summed E-state index contributed by atoms with van der Waals surface area (Å²) >= 11 is 0. The first-order valence-electron chi connectivity index (χ1n) is 10.2. The average Bonchev–Trinajstić information content (AvgIpc) is 2.63. The third-order valence-electron chi connectivity index (χ3n) is 5.17. The number of aryl methyl sites for hydroxylation is 1. The minimum atomic E-state index is -3.43. The Morgan fingerprint density at radius 2 is 1.93 bits per heavy atom.